The molecule has 4 rings (SSSR count). The van der Waals surface area contributed by atoms with Gasteiger partial charge in [0.25, 0.3) is 0 Å². The van der Waals surface area contributed by atoms with Gasteiger partial charge in [0, 0.05) is 37.9 Å². The number of hydroxylamine groups is 2. The van der Waals surface area contributed by atoms with Gasteiger partial charge in [-0.2, -0.15) is 0 Å². The molecule has 0 spiro atoms. The molecule has 0 amide bonds. The molecule has 0 radical (unpaired) electrons. The van der Waals surface area contributed by atoms with Crippen LogP contribution in [-0.4, -0.2) is 67.4 Å². The maximum Gasteiger partial charge on any atom is 0.190 e. The van der Waals surface area contributed by atoms with Crippen molar-refractivity contribution in [2.75, 3.05) is 45.9 Å². The van der Waals surface area contributed by atoms with E-state index in [4.69, 9.17) is 30.6 Å². The van der Waals surface area contributed by atoms with Crippen LogP contribution in [0, 0.1) is 5.82 Å². The number of ether oxygens (including phenoxy) is 3. The number of halogens is 2. The molecule has 36 heavy (non-hydrogen) atoms. The van der Waals surface area contributed by atoms with E-state index in [2.05, 4.69) is 15.3 Å². The summed E-state index contributed by atoms with van der Waals surface area (Å²) in [4.78, 5) is 27.7. The molecule has 1 aromatic heterocycles. The second-order valence-corrected chi connectivity index (χ2v) is 8.68. The van der Waals surface area contributed by atoms with E-state index in [9.17, 15) is 9.18 Å². The zero-order chi connectivity index (χ0) is 25.5. The third kappa shape index (κ3) is 6.19. The highest BCUT2D eigenvalue weighted by atomic mass is 35.5. The predicted molar refractivity (Wildman–Crippen MR) is 133 cm³/mol. The predicted octanol–water partition coefficient (Wildman–Crippen LogP) is 4.55. The summed E-state index contributed by atoms with van der Waals surface area (Å²) in [6, 6.07) is 7.40. The SMILES string of the molecule is COCCOc1cc2ncnc(Nc3ccc(F)c(Cl)c3)c2cc1ON1CCCCC1C(=O)COC. The van der Waals surface area contributed by atoms with Gasteiger partial charge in [0.2, 0.25) is 0 Å². The van der Waals surface area contributed by atoms with Crippen molar-refractivity contribution in [2.24, 2.45) is 0 Å². The monoisotopic (exact) mass is 518 g/mol. The van der Waals surface area contributed by atoms with Gasteiger partial charge in [-0.05, 0) is 43.5 Å². The van der Waals surface area contributed by atoms with Gasteiger partial charge in [-0.1, -0.05) is 11.6 Å². The molecule has 3 aromatic rings. The largest absolute Gasteiger partial charge is 0.487 e. The maximum atomic E-state index is 13.6. The van der Waals surface area contributed by atoms with E-state index in [1.54, 1.807) is 30.4 Å². The molecule has 9 nitrogen and oxygen atoms in total. The Labute approximate surface area is 213 Å². The van der Waals surface area contributed by atoms with Crippen LogP contribution < -0.4 is 14.9 Å². The van der Waals surface area contributed by atoms with Crippen molar-refractivity contribution in [3.05, 3.63) is 47.5 Å². The fraction of sp³-hybridized carbons (Fsp3) is 0.400. The van der Waals surface area contributed by atoms with Crippen LogP contribution in [0.1, 0.15) is 19.3 Å². The number of methoxy groups -OCH3 is 2. The molecule has 0 saturated carbocycles. The number of nitrogens with zero attached hydrogens (tertiary/aromatic N) is 3. The lowest BCUT2D eigenvalue weighted by Crippen LogP contribution is -2.47. The second-order valence-electron chi connectivity index (χ2n) is 8.28. The summed E-state index contributed by atoms with van der Waals surface area (Å²) in [5, 5.41) is 5.48. The van der Waals surface area contributed by atoms with Gasteiger partial charge in [0.15, 0.2) is 17.3 Å². The average molecular weight is 519 g/mol. The third-order valence-electron chi connectivity index (χ3n) is 5.76. The molecule has 1 fully saturated rings. The Balaban J connectivity index is 1.70. The van der Waals surface area contributed by atoms with E-state index in [1.807, 2.05) is 0 Å². The Bertz CT molecular complexity index is 1210. The number of hydrogen-bond acceptors (Lipinski definition) is 9. The number of nitrogens with one attached hydrogen (secondary N) is 1. The van der Waals surface area contributed by atoms with Gasteiger partial charge < -0.3 is 24.4 Å². The minimum Gasteiger partial charge on any atom is -0.487 e. The Morgan fingerprint density at radius 1 is 1.14 bits per heavy atom. The number of benzene rings is 2. The van der Waals surface area contributed by atoms with E-state index in [0.29, 0.717) is 60.1 Å². The van der Waals surface area contributed by atoms with Crippen molar-refractivity contribution in [3.63, 3.8) is 0 Å². The number of Topliss-reactive ketones (excluding diaryl/α,β-unsaturated/α-hetero) is 1. The lowest BCUT2D eigenvalue weighted by molar-refractivity contribution is -0.152. The molecule has 2 heterocycles. The highest BCUT2D eigenvalue weighted by Gasteiger charge is 2.31. The molecule has 1 N–H and O–H groups in total. The molecule has 11 heteroatoms. The van der Waals surface area contributed by atoms with E-state index >= 15 is 0 Å². The van der Waals surface area contributed by atoms with Crippen LogP contribution in [0.2, 0.25) is 5.02 Å². The number of hydrogen-bond donors (Lipinski definition) is 1. The summed E-state index contributed by atoms with van der Waals surface area (Å²) < 4.78 is 29.7. The molecule has 0 bridgehead atoms. The number of ketones is 1. The Kier molecular flexibility index (Phi) is 8.87. The molecular formula is C25H28ClFN4O5. The lowest BCUT2D eigenvalue weighted by Gasteiger charge is -2.34. The standard InChI is InChI=1S/C25H28ClFN4O5/c1-33-9-10-35-23-13-20-17(25(29-15-28-20)30-16-6-7-19(27)18(26)11-16)12-24(23)36-31-8-4-3-5-21(31)22(32)14-34-2/h6-7,11-13,15,21H,3-5,8-10,14H2,1-2H3,(H,28,29,30). The minimum atomic E-state index is -0.512. The summed E-state index contributed by atoms with van der Waals surface area (Å²) in [7, 11) is 3.09. The number of anilines is 2. The number of carbonyl (C=O) groups excluding carboxylic acids is 1. The van der Waals surface area contributed by atoms with E-state index < -0.39 is 11.9 Å². The summed E-state index contributed by atoms with van der Waals surface area (Å²) in [6.07, 6.45) is 3.92. The van der Waals surface area contributed by atoms with Crippen LogP contribution in [0.25, 0.3) is 10.9 Å². The molecule has 1 aliphatic rings. The molecule has 1 aliphatic heterocycles. The number of aromatic nitrogens is 2. The van der Waals surface area contributed by atoms with Crippen LogP contribution in [0.5, 0.6) is 11.5 Å². The number of rotatable bonds is 11. The Hall–Kier alpha value is -3.05. The number of piperidine rings is 1. The highest BCUT2D eigenvalue weighted by molar-refractivity contribution is 6.31. The topological polar surface area (TPSA) is 95.0 Å². The normalized spacial score (nSPS) is 16.2. The summed E-state index contributed by atoms with van der Waals surface area (Å²) in [5.41, 5.74) is 1.16. The average Bonchev–Trinajstić information content (AvgIpc) is 2.87. The number of fused-ring (bicyclic) bond motifs is 1. The van der Waals surface area contributed by atoms with Crippen molar-refractivity contribution in [3.8, 4) is 11.5 Å². The van der Waals surface area contributed by atoms with Crippen molar-refractivity contribution >= 4 is 39.8 Å². The number of carbonyl (C=O) groups is 1. The Morgan fingerprint density at radius 2 is 2.00 bits per heavy atom. The second kappa shape index (κ2) is 12.3. The zero-order valence-corrected chi connectivity index (χ0v) is 20.9. The van der Waals surface area contributed by atoms with Crippen molar-refractivity contribution in [2.45, 2.75) is 25.3 Å². The molecular weight excluding hydrogens is 491 g/mol. The smallest absolute Gasteiger partial charge is 0.190 e. The minimum absolute atomic E-state index is 0.00641. The summed E-state index contributed by atoms with van der Waals surface area (Å²) >= 11 is 5.94. The molecule has 192 valence electrons. The van der Waals surface area contributed by atoms with Crippen molar-refractivity contribution < 1.29 is 28.2 Å². The highest BCUT2D eigenvalue weighted by Crippen LogP contribution is 2.36. The van der Waals surface area contributed by atoms with Crippen molar-refractivity contribution in [1.29, 1.82) is 0 Å². The van der Waals surface area contributed by atoms with Gasteiger partial charge in [-0.25, -0.2) is 14.4 Å². The lowest BCUT2D eigenvalue weighted by atomic mass is 10.0. The first-order valence-electron chi connectivity index (χ1n) is 11.6. The fourth-order valence-electron chi connectivity index (χ4n) is 3.99. The van der Waals surface area contributed by atoms with Crippen LogP contribution in [0.4, 0.5) is 15.9 Å². The van der Waals surface area contributed by atoms with Crippen LogP contribution in [0.15, 0.2) is 36.7 Å². The van der Waals surface area contributed by atoms with Gasteiger partial charge in [-0.15, -0.1) is 5.06 Å². The van der Waals surface area contributed by atoms with Crippen LogP contribution in [0.3, 0.4) is 0 Å². The molecule has 1 atom stereocenters. The summed E-state index contributed by atoms with van der Waals surface area (Å²) in [5.74, 6) is 0.783. The quantitative estimate of drug-likeness (QED) is 0.366. The first-order chi connectivity index (χ1) is 17.5. The summed E-state index contributed by atoms with van der Waals surface area (Å²) in [6.45, 7) is 1.29. The van der Waals surface area contributed by atoms with Crippen LogP contribution in [-0.2, 0) is 14.3 Å². The van der Waals surface area contributed by atoms with Gasteiger partial charge in [0.1, 0.15) is 37.2 Å². The maximum absolute atomic E-state index is 13.6. The molecule has 0 aliphatic carbocycles. The van der Waals surface area contributed by atoms with Crippen molar-refractivity contribution in [1.82, 2.24) is 15.0 Å². The van der Waals surface area contributed by atoms with Gasteiger partial charge >= 0.3 is 0 Å². The zero-order valence-electron chi connectivity index (χ0n) is 20.1. The molecule has 1 unspecified atom stereocenters. The van der Waals surface area contributed by atoms with Gasteiger partial charge in [0.05, 0.1) is 17.1 Å². The first-order valence-corrected chi connectivity index (χ1v) is 12.0. The van der Waals surface area contributed by atoms with E-state index in [1.165, 1.54) is 25.6 Å². The van der Waals surface area contributed by atoms with Crippen LogP contribution >= 0.6 is 11.6 Å². The third-order valence-corrected chi connectivity index (χ3v) is 6.05. The first kappa shape index (κ1) is 26.0. The van der Waals surface area contributed by atoms with E-state index in [-0.39, 0.29) is 17.4 Å². The fourth-order valence-corrected chi connectivity index (χ4v) is 4.17. The Morgan fingerprint density at radius 3 is 2.78 bits per heavy atom. The molecule has 2 aromatic carbocycles. The van der Waals surface area contributed by atoms with E-state index in [0.717, 1.165) is 12.8 Å². The molecule has 1 saturated heterocycles. The van der Waals surface area contributed by atoms with Gasteiger partial charge in [-0.3, -0.25) is 4.79 Å².